The number of fused-ring (bicyclic) bond motifs is 1. The highest BCUT2D eigenvalue weighted by atomic mass is 79.9. The Morgan fingerprint density at radius 1 is 1.20 bits per heavy atom. The van der Waals surface area contributed by atoms with Crippen LogP contribution in [0.3, 0.4) is 0 Å². The lowest BCUT2D eigenvalue weighted by Crippen LogP contribution is -1.94. The number of rotatable bonds is 1. The van der Waals surface area contributed by atoms with Gasteiger partial charge in [-0.15, -0.1) is 0 Å². The summed E-state index contributed by atoms with van der Waals surface area (Å²) in [5.74, 6) is 0.126. The maximum atomic E-state index is 13.4. The zero-order valence-corrected chi connectivity index (χ0v) is 10.2. The molecule has 0 spiro atoms. The van der Waals surface area contributed by atoms with Gasteiger partial charge in [0.1, 0.15) is 5.82 Å². The van der Waals surface area contributed by atoms with E-state index in [2.05, 4.69) is 34.8 Å². The molecule has 0 N–H and O–H groups in total. The fourth-order valence-electron chi connectivity index (χ4n) is 1.49. The van der Waals surface area contributed by atoms with Gasteiger partial charge in [-0.3, -0.25) is 4.98 Å². The second kappa shape index (κ2) is 3.89. The van der Waals surface area contributed by atoms with Crippen LogP contribution in [0.15, 0.2) is 28.7 Å². The van der Waals surface area contributed by atoms with Crippen molar-refractivity contribution in [1.82, 2.24) is 4.98 Å². The van der Waals surface area contributed by atoms with E-state index in [0.29, 0.717) is 16.8 Å². The molecular formula is C12H11BrFN. The number of hydrogen-bond donors (Lipinski definition) is 0. The van der Waals surface area contributed by atoms with E-state index in [-0.39, 0.29) is 5.82 Å². The molecule has 0 aliphatic carbocycles. The van der Waals surface area contributed by atoms with Crippen molar-refractivity contribution in [2.45, 2.75) is 19.8 Å². The SMILES string of the molecule is CC(C)c1ccc2c(F)ccc(Br)c2n1. The van der Waals surface area contributed by atoms with E-state index in [1.165, 1.54) is 6.07 Å². The highest BCUT2D eigenvalue weighted by molar-refractivity contribution is 9.10. The van der Waals surface area contributed by atoms with Crippen molar-refractivity contribution in [2.24, 2.45) is 0 Å². The van der Waals surface area contributed by atoms with Crippen LogP contribution in [0.25, 0.3) is 10.9 Å². The van der Waals surface area contributed by atoms with Gasteiger partial charge >= 0.3 is 0 Å². The molecule has 1 nitrogen and oxygen atoms in total. The van der Waals surface area contributed by atoms with Crippen LogP contribution in [-0.2, 0) is 0 Å². The molecule has 1 heterocycles. The second-order valence-electron chi connectivity index (χ2n) is 3.82. The number of benzene rings is 1. The molecule has 1 aromatic heterocycles. The lowest BCUT2D eigenvalue weighted by atomic mass is 10.1. The van der Waals surface area contributed by atoms with E-state index in [4.69, 9.17) is 0 Å². The summed E-state index contributed by atoms with van der Waals surface area (Å²) in [5, 5.41) is 0.564. The molecule has 0 unspecified atom stereocenters. The van der Waals surface area contributed by atoms with Crippen molar-refractivity contribution >= 4 is 26.8 Å². The molecule has 0 bridgehead atoms. The third-order valence-corrected chi connectivity index (χ3v) is 3.01. The van der Waals surface area contributed by atoms with Crippen molar-refractivity contribution in [3.8, 4) is 0 Å². The summed E-state index contributed by atoms with van der Waals surface area (Å²) in [4.78, 5) is 4.45. The number of halogens is 2. The van der Waals surface area contributed by atoms with Crippen molar-refractivity contribution in [3.63, 3.8) is 0 Å². The Bertz CT molecular complexity index is 508. The molecule has 0 amide bonds. The van der Waals surface area contributed by atoms with E-state index in [0.717, 1.165) is 10.2 Å². The van der Waals surface area contributed by atoms with Crippen LogP contribution < -0.4 is 0 Å². The zero-order chi connectivity index (χ0) is 11.0. The molecule has 0 aliphatic heterocycles. The van der Waals surface area contributed by atoms with Crippen LogP contribution in [0.1, 0.15) is 25.5 Å². The lowest BCUT2D eigenvalue weighted by molar-refractivity contribution is 0.639. The number of hydrogen-bond acceptors (Lipinski definition) is 1. The Morgan fingerprint density at radius 3 is 2.60 bits per heavy atom. The number of pyridine rings is 1. The summed E-state index contributed by atoms with van der Waals surface area (Å²) in [7, 11) is 0. The Kier molecular flexibility index (Phi) is 2.74. The van der Waals surface area contributed by atoms with Gasteiger partial charge in [-0.05, 0) is 46.1 Å². The fraction of sp³-hybridized carbons (Fsp3) is 0.250. The molecule has 1 aromatic carbocycles. The van der Waals surface area contributed by atoms with Gasteiger partial charge < -0.3 is 0 Å². The predicted octanol–water partition coefficient (Wildman–Crippen LogP) is 4.26. The molecular weight excluding hydrogens is 257 g/mol. The molecule has 0 atom stereocenters. The monoisotopic (exact) mass is 267 g/mol. The molecule has 2 rings (SSSR count). The van der Waals surface area contributed by atoms with Crippen LogP contribution in [0.4, 0.5) is 4.39 Å². The van der Waals surface area contributed by atoms with Gasteiger partial charge in [-0.1, -0.05) is 13.8 Å². The van der Waals surface area contributed by atoms with Crippen molar-refractivity contribution < 1.29 is 4.39 Å². The molecule has 3 heteroatoms. The standard InChI is InChI=1S/C12H11BrFN/c1-7(2)11-6-3-8-10(14)5-4-9(13)12(8)15-11/h3-7H,1-2H3. The molecule has 78 valence electrons. The van der Waals surface area contributed by atoms with E-state index in [1.54, 1.807) is 12.1 Å². The minimum absolute atomic E-state index is 0.226. The van der Waals surface area contributed by atoms with E-state index in [9.17, 15) is 4.39 Å². The lowest BCUT2D eigenvalue weighted by Gasteiger charge is -2.07. The molecule has 0 aliphatic rings. The third kappa shape index (κ3) is 1.88. The predicted molar refractivity (Wildman–Crippen MR) is 63.5 cm³/mol. The largest absolute Gasteiger partial charge is 0.251 e. The van der Waals surface area contributed by atoms with Gasteiger partial charge in [-0.25, -0.2) is 4.39 Å². The summed E-state index contributed by atoms with van der Waals surface area (Å²) >= 11 is 3.39. The number of aromatic nitrogens is 1. The first-order valence-electron chi connectivity index (χ1n) is 4.84. The van der Waals surface area contributed by atoms with Crippen molar-refractivity contribution in [2.75, 3.05) is 0 Å². The van der Waals surface area contributed by atoms with Gasteiger partial charge in [0.15, 0.2) is 0 Å². The first kappa shape index (κ1) is 10.6. The Balaban J connectivity index is 2.76. The number of nitrogens with zero attached hydrogens (tertiary/aromatic N) is 1. The molecule has 0 radical (unpaired) electrons. The normalized spacial score (nSPS) is 11.3. The van der Waals surface area contributed by atoms with Crippen LogP contribution in [0.2, 0.25) is 0 Å². The van der Waals surface area contributed by atoms with Crippen LogP contribution in [0, 0.1) is 5.82 Å². The van der Waals surface area contributed by atoms with Crippen molar-refractivity contribution in [3.05, 3.63) is 40.2 Å². The van der Waals surface area contributed by atoms with Crippen molar-refractivity contribution in [1.29, 1.82) is 0 Å². The molecule has 15 heavy (non-hydrogen) atoms. The maximum absolute atomic E-state index is 13.4. The first-order valence-corrected chi connectivity index (χ1v) is 5.63. The minimum atomic E-state index is -0.226. The van der Waals surface area contributed by atoms with Crippen LogP contribution >= 0.6 is 15.9 Å². The third-order valence-electron chi connectivity index (χ3n) is 2.37. The smallest absolute Gasteiger partial charge is 0.132 e. The second-order valence-corrected chi connectivity index (χ2v) is 4.67. The van der Waals surface area contributed by atoms with Crippen LogP contribution in [-0.4, -0.2) is 4.98 Å². The average molecular weight is 268 g/mol. The molecule has 2 aromatic rings. The minimum Gasteiger partial charge on any atom is -0.251 e. The Morgan fingerprint density at radius 2 is 1.93 bits per heavy atom. The summed E-state index contributed by atoms with van der Waals surface area (Å²) in [6.07, 6.45) is 0. The van der Waals surface area contributed by atoms with E-state index < -0.39 is 0 Å². The average Bonchev–Trinajstić information content (AvgIpc) is 2.23. The quantitative estimate of drug-likeness (QED) is 0.753. The fourth-order valence-corrected chi connectivity index (χ4v) is 1.92. The Labute approximate surface area is 96.5 Å². The van der Waals surface area contributed by atoms with Gasteiger partial charge in [0.05, 0.1) is 5.52 Å². The highest BCUT2D eigenvalue weighted by Gasteiger charge is 2.08. The van der Waals surface area contributed by atoms with Gasteiger partial charge in [0, 0.05) is 15.6 Å². The highest BCUT2D eigenvalue weighted by Crippen LogP contribution is 2.26. The van der Waals surface area contributed by atoms with E-state index in [1.807, 2.05) is 6.07 Å². The molecule has 0 saturated heterocycles. The summed E-state index contributed by atoms with van der Waals surface area (Å²) < 4.78 is 14.3. The first-order chi connectivity index (χ1) is 7.09. The topological polar surface area (TPSA) is 12.9 Å². The zero-order valence-electron chi connectivity index (χ0n) is 8.59. The van der Waals surface area contributed by atoms with Gasteiger partial charge in [-0.2, -0.15) is 0 Å². The maximum Gasteiger partial charge on any atom is 0.132 e. The van der Waals surface area contributed by atoms with E-state index >= 15 is 0 Å². The Hall–Kier alpha value is -0.960. The summed E-state index contributed by atoms with van der Waals surface area (Å²) in [6, 6.07) is 6.80. The van der Waals surface area contributed by atoms with Crippen LogP contribution in [0.5, 0.6) is 0 Å². The molecule has 0 fully saturated rings. The van der Waals surface area contributed by atoms with Gasteiger partial charge in [0.25, 0.3) is 0 Å². The molecule has 0 saturated carbocycles. The summed E-state index contributed by atoms with van der Waals surface area (Å²) in [5.41, 5.74) is 1.68. The van der Waals surface area contributed by atoms with Gasteiger partial charge in [0.2, 0.25) is 0 Å². The summed E-state index contributed by atoms with van der Waals surface area (Å²) in [6.45, 7) is 4.14.